The maximum Gasteiger partial charge on any atom is 0.149 e. The molecule has 0 aliphatic heterocycles. The summed E-state index contributed by atoms with van der Waals surface area (Å²) < 4.78 is 14.3. The fraction of sp³-hybridized carbons (Fsp3) is 0. The largest absolute Gasteiger partial charge is 0.507 e. The van der Waals surface area contributed by atoms with Crippen LogP contribution in [0.5, 0.6) is 5.75 Å². The molecule has 23 heavy (non-hydrogen) atoms. The zero-order chi connectivity index (χ0) is 16.0. The van der Waals surface area contributed by atoms with Crippen LogP contribution in [0.3, 0.4) is 0 Å². The fourth-order valence-electron chi connectivity index (χ4n) is 2.97. The van der Waals surface area contributed by atoms with Gasteiger partial charge in [0.05, 0.1) is 5.02 Å². The van der Waals surface area contributed by atoms with Crippen LogP contribution in [-0.4, -0.2) is 5.11 Å². The normalized spacial score (nSPS) is 11.2. The van der Waals surface area contributed by atoms with Gasteiger partial charge in [-0.05, 0) is 39.7 Å². The number of benzene rings is 4. The molecule has 0 amide bonds. The molecule has 4 rings (SSSR count). The van der Waals surface area contributed by atoms with Crippen LogP contribution in [0.2, 0.25) is 5.02 Å². The third-order valence-corrected chi connectivity index (χ3v) is 4.39. The molecule has 0 unspecified atom stereocenters. The van der Waals surface area contributed by atoms with Crippen molar-refractivity contribution in [3.8, 4) is 16.9 Å². The lowest BCUT2D eigenvalue weighted by molar-refractivity contribution is 0.477. The first-order valence-corrected chi connectivity index (χ1v) is 7.62. The van der Waals surface area contributed by atoms with E-state index in [9.17, 15) is 9.50 Å². The highest BCUT2D eigenvalue weighted by atomic mass is 35.5. The highest BCUT2D eigenvalue weighted by Crippen LogP contribution is 2.38. The Kier molecular flexibility index (Phi) is 3.21. The van der Waals surface area contributed by atoms with E-state index >= 15 is 0 Å². The van der Waals surface area contributed by atoms with Gasteiger partial charge in [-0.25, -0.2) is 4.39 Å². The van der Waals surface area contributed by atoms with Gasteiger partial charge in [-0.15, -0.1) is 0 Å². The Morgan fingerprint density at radius 1 is 0.739 bits per heavy atom. The average Bonchev–Trinajstić information content (AvgIpc) is 2.57. The van der Waals surface area contributed by atoms with Gasteiger partial charge >= 0.3 is 0 Å². The second kappa shape index (κ2) is 5.25. The molecule has 1 nitrogen and oxygen atoms in total. The van der Waals surface area contributed by atoms with E-state index in [4.69, 9.17) is 11.6 Å². The molecule has 3 heteroatoms. The second-order valence-electron chi connectivity index (χ2n) is 5.48. The summed E-state index contributed by atoms with van der Waals surface area (Å²) in [7, 11) is 0. The minimum Gasteiger partial charge on any atom is -0.507 e. The van der Waals surface area contributed by atoms with Gasteiger partial charge in [-0.1, -0.05) is 60.1 Å². The molecule has 0 radical (unpaired) electrons. The summed E-state index contributed by atoms with van der Waals surface area (Å²) in [5.41, 5.74) is 0.735. The number of halogens is 2. The van der Waals surface area contributed by atoms with Gasteiger partial charge in [0.1, 0.15) is 11.6 Å². The van der Waals surface area contributed by atoms with Crippen molar-refractivity contribution >= 4 is 33.1 Å². The Morgan fingerprint density at radius 2 is 1.52 bits per heavy atom. The molecule has 0 bridgehead atoms. The van der Waals surface area contributed by atoms with E-state index in [1.165, 1.54) is 6.07 Å². The molecular formula is C20H12ClFO. The zero-order valence-corrected chi connectivity index (χ0v) is 12.8. The lowest BCUT2D eigenvalue weighted by Crippen LogP contribution is -1.87. The number of phenols is 1. The molecule has 0 heterocycles. The van der Waals surface area contributed by atoms with Crippen molar-refractivity contribution in [2.75, 3.05) is 0 Å². The summed E-state index contributed by atoms with van der Waals surface area (Å²) in [5, 5.41) is 14.4. The maximum absolute atomic E-state index is 14.3. The Hall–Kier alpha value is -2.58. The summed E-state index contributed by atoms with van der Waals surface area (Å²) in [4.78, 5) is 0. The summed E-state index contributed by atoms with van der Waals surface area (Å²) in [6.07, 6.45) is 0. The standard InChI is InChI=1S/C20H12ClFO/c21-18-7-3-6-15(20(18)22)17-11-16-13(10-19(17)23)9-8-12-4-1-2-5-14(12)16/h1-11,23H. The van der Waals surface area contributed by atoms with Gasteiger partial charge in [-0.2, -0.15) is 0 Å². The lowest BCUT2D eigenvalue weighted by atomic mass is 9.96. The summed E-state index contributed by atoms with van der Waals surface area (Å²) in [6.45, 7) is 0. The van der Waals surface area contributed by atoms with Crippen LogP contribution in [0, 0.1) is 5.82 Å². The Labute approximate surface area is 137 Å². The van der Waals surface area contributed by atoms with E-state index in [1.54, 1.807) is 18.2 Å². The van der Waals surface area contributed by atoms with Crippen molar-refractivity contribution in [2.45, 2.75) is 0 Å². The minimum absolute atomic E-state index is 0.0361. The van der Waals surface area contributed by atoms with Gasteiger partial charge in [0.2, 0.25) is 0 Å². The van der Waals surface area contributed by atoms with Gasteiger partial charge in [0.25, 0.3) is 0 Å². The van der Waals surface area contributed by atoms with Crippen molar-refractivity contribution in [2.24, 2.45) is 0 Å². The number of fused-ring (bicyclic) bond motifs is 3. The first-order valence-electron chi connectivity index (χ1n) is 7.24. The molecule has 0 aliphatic rings. The van der Waals surface area contributed by atoms with Crippen molar-refractivity contribution in [3.63, 3.8) is 0 Å². The van der Waals surface area contributed by atoms with Crippen LogP contribution in [0.4, 0.5) is 4.39 Å². The maximum atomic E-state index is 14.3. The number of phenolic OH excluding ortho intramolecular Hbond substituents is 1. The molecular weight excluding hydrogens is 311 g/mol. The van der Waals surface area contributed by atoms with E-state index in [1.807, 2.05) is 42.5 Å². The van der Waals surface area contributed by atoms with E-state index in [0.717, 1.165) is 21.5 Å². The Morgan fingerprint density at radius 3 is 2.39 bits per heavy atom. The predicted molar refractivity (Wildman–Crippen MR) is 93.5 cm³/mol. The van der Waals surface area contributed by atoms with Crippen LogP contribution in [0.15, 0.2) is 66.7 Å². The minimum atomic E-state index is -0.524. The monoisotopic (exact) mass is 322 g/mol. The summed E-state index contributed by atoms with van der Waals surface area (Å²) >= 11 is 5.87. The number of hydrogen-bond acceptors (Lipinski definition) is 1. The van der Waals surface area contributed by atoms with Crippen LogP contribution in [-0.2, 0) is 0 Å². The van der Waals surface area contributed by atoms with Gasteiger partial charge < -0.3 is 5.11 Å². The first kappa shape index (κ1) is 14.0. The third-order valence-electron chi connectivity index (χ3n) is 4.10. The lowest BCUT2D eigenvalue weighted by Gasteiger charge is -2.11. The summed E-state index contributed by atoms with van der Waals surface area (Å²) in [5.74, 6) is -0.488. The van der Waals surface area contributed by atoms with E-state index in [-0.39, 0.29) is 10.8 Å². The van der Waals surface area contributed by atoms with E-state index in [0.29, 0.717) is 11.1 Å². The average molecular weight is 323 g/mol. The smallest absolute Gasteiger partial charge is 0.149 e. The van der Waals surface area contributed by atoms with Crippen molar-refractivity contribution in [1.29, 1.82) is 0 Å². The fourth-order valence-corrected chi connectivity index (χ4v) is 3.14. The molecule has 0 saturated heterocycles. The molecule has 0 spiro atoms. The summed E-state index contributed by atoms with van der Waals surface area (Å²) in [6, 6.07) is 20.2. The van der Waals surface area contributed by atoms with Gasteiger partial charge in [0, 0.05) is 11.1 Å². The number of hydrogen-bond donors (Lipinski definition) is 1. The quantitative estimate of drug-likeness (QED) is 0.416. The molecule has 0 fully saturated rings. The van der Waals surface area contributed by atoms with E-state index < -0.39 is 5.82 Å². The number of aromatic hydroxyl groups is 1. The second-order valence-corrected chi connectivity index (χ2v) is 5.89. The first-order chi connectivity index (χ1) is 11.1. The zero-order valence-electron chi connectivity index (χ0n) is 12.1. The molecule has 1 N–H and O–H groups in total. The van der Waals surface area contributed by atoms with Gasteiger partial charge in [0.15, 0.2) is 0 Å². The molecule has 4 aromatic rings. The predicted octanol–water partition coefficient (Wildman–Crippen LogP) is 6.16. The molecule has 112 valence electrons. The topological polar surface area (TPSA) is 20.2 Å². The Balaban J connectivity index is 2.09. The highest BCUT2D eigenvalue weighted by Gasteiger charge is 2.14. The van der Waals surface area contributed by atoms with Crippen molar-refractivity contribution in [3.05, 3.63) is 77.6 Å². The molecule has 0 aromatic heterocycles. The van der Waals surface area contributed by atoms with Crippen LogP contribution >= 0.6 is 11.6 Å². The molecule has 0 atom stereocenters. The highest BCUT2D eigenvalue weighted by molar-refractivity contribution is 6.31. The Bertz CT molecular complexity index is 1060. The van der Waals surface area contributed by atoms with Crippen LogP contribution < -0.4 is 0 Å². The SMILES string of the molecule is Oc1cc2ccc3ccccc3c2cc1-c1cccc(Cl)c1F. The van der Waals surface area contributed by atoms with Crippen LogP contribution in [0.1, 0.15) is 0 Å². The van der Waals surface area contributed by atoms with Crippen LogP contribution in [0.25, 0.3) is 32.7 Å². The molecule has 0 saturated carbocycles. The van der Waals surface area contributed by atoms with Crippen molar-refractivity contribution < 1.29 is 9.50 Å². The van der Waals surface area contributed by atoms with E-state index in [2.05, 4.69) is 0 Å². The van der Waals surface area contributed by atoms with Crippen molar-refractivity contribution in [1.82, 2.24) is 0 Å². The van der Waals surface area contributed by atoms with Gasteiger partial charge in [-0.3, -0.25) is 0 Å². The molecule has 4 aromatic carbocycles. The number of rotatable bonds is 1. The third kappa shape index (κ3) is 2.23. The molecule has 0 aliphatic carbocycles.